The molecule has 114 valence electrons. The third-order valence-electron chi connectivity index (χ3n) is 3.69. The minimum absolute atomic E-state index is 0.0303. The van der Waals surface area contributed by atoms with Crippen LogP contribution in [0.15, 0.2) is 30.3 Å². The molecule has 2 amide bonds. The molecule has 1 atom stereocenters. The van der Waals surface area contributed by atoms with Gasteiger partial charge >= 0.3 is 0 Å². The first-order valence-electron chi connectivity index (χ1n) is 7.47. The number of carbonyl (C=O) groups is 2. The third kappa shape index (κ3) is 4.59. The molecular weight excluding hydrogens is 264 g/mol. The van der Waals surface area contributed by atoms with Gasteiger partial charge in [-0.15, -0.1) is 0 Å². The topological polar surface area (TPSA) is 49.4 Å². The van der Waals surface area contributed by atoms with E-state index in [-0.39, 0.29) is 23.8 Å². The van der Waals surface area contributed by atoms with Gasteiger partial charge in [0.1, 0.15) is 6.04 Å². The van der Waals surface area contributed by atoms with E-state index in [2.05, 4.69) is 26.1 Å². The molecule has 1 saturated heterocycles. The van der Waals surface area contributed by atoms with Gasteiger partial charge in [-0.3, -0.25) is 9.59 Å². The Hall–Kier alpha value is -1.84. The summed E-state index contributed by atoms with van der Waals surface area (Å²) in [7, 11) is 0. The normalized spacial score (nSPS) is 19.6. The smallest absolute Gasteiger partial charge is 0.245 e. The molecule has 4 nitrogen and oxygen atoms in total. The predicted molar refractivity (Wildman–Crippen MR) is 82.7 cm³/mol. The van der Waals surface area contributed by atoms with Crippen LogP contribution in [0.25, 0.3) is 0 Å². The fraction of sp³-hybridized carbons (Fsp3) is 0.529. The van der Waals surface area contributed by atoms with E-state index in [1.165, 1.54) is 0 Å². The molecule has 1 fully saturated rings. The highest BCUT2D eigenvalue weighted by molar-refractivity contribution is 5.95. The zero-order chi connectivity index (χ0) is 15.5. The molecule has 1 unspecified atom stereocenters. The Morgan fingerprint density at radius 2 is 1.86 bits per heavy atom. The maximum absolute atomic E-state index is 12.5. The van der Waals surface area contributed by atoms with E-state index in [0.717, 1.165) is 12.0 Å². The molecule has 1 aromatic carbocycles. The highest BCUT2D eigenvalue weighted by Crippen LogP contribution is 2.20. The van der Waals surface area contributed by atoms with Crippen LogP contribution in [0.4, 0.5) is 0 Å². The van der Waals surface area contributed by atoms with Crippen LogP contribution in [0.2, 0.25) is 0 Å². The van der Waals surface area contributed by atoms with Crippen LogP contribution in [0.1, 0.15) is 32.8 Å². The van der Waals surface area contributed by atoms with Crippen molar-refractivity contribution < 1.29 is 9.59 Å². The fourth-order valence-electron chi connectivity index (χ4n) is 2.42. The van der Waals surface area contributed by atoms with Crippen molar-refractivity contribution in [3.63, 3.8) is 0 Å². The average molecular weight is 288 g/mol. The van der Waals surface area contributed by atoms with Crippen molar-refractivity contribution >= 4 is 11.8 Å². The van der Waals surface area contributed by atoms with Gasteiger partial charge in [-0.1, -0.05) is 51.1 Å². The van der Waals surface area contributed by atoms with Crippen molar-refractivity contribution in [2.45, 2.75) is 39.7 Å². The second-order valence-corrected chi connectivity index (χ2v) is 6.88. The van der Waals surface area contributed by atoms with Gasteiger partial charge in [-0.2, -0.15) is 0 Å². The Morgan fingerprint density at radius 3 is 2.48 bits per heavy atom. The van der Waals surface area contributed by atoms with Gasteiger partial charge in [-0.05, 0) is 17.4 Å². The average Bonchev–Trinajstić information content (AvgIpc) is 2.41. The van der Waals surface area contributed by atoms with Crippen molar-refractivity contribution in [3.8, 4) is 0 Å². The van der Waals surface area contributed by atoms with Crippen molar-refractivity contribution in [1.29, 1.82) is 0 Å². The van der Waals surface area contributed by atoms with Crippen molar-refractivity contribution in [2.24, 2.45) is 5.41 Å². The number of nitrogens with zero attached hydrogens (tertiary/aromatic N) is 1. The van der Waals surface area contributed by atoms with Gasteiger partial charge in [0, 0.05) is 13.0 Å². The minimum atomic E-state index is -0.436. The quantitative estimate of drug-likeness (QED) is 0.921. The lowest BCUT2D eigenvalue weighted by Crippen LogP contribution is -2.59. The lowest BCUT2D eigenvalue weighted by atomic mass is 9.91. The van der Waals surface area contributed by atoms with E-state index in [1.807, 2.05) is 30.3 Å². The number of rotatable bonds is 4. The van der Waals surface area contributed by atoms with Crippen molar-refractivity contribution in [1.82, 2.24) is 10.2 Å². The Morgan fingerprint density at radius 1 is 1.19 bits per heavy atom. The maximum atomic E-state index is 12.5. The summed E-state index contributed by atoms with van der Waals surface area (Å²) in [5, 5.41) is 2.81. The van der Waals surface area contributed by atoms with Gasteiger partial charge in [0.15, 0.2) is 0 Å². The van der Waals surface area contributed by atoms with E-state index >= 15 is 0 Å². The second-order valence-electron chi connectivity index (χ2n) is 6.88. The van der Waals surface area contributed by atoms with Crippen LogP contribution in [0.5, 0.6) is 0 Å². The van der Waals surface area contributed by atoms with Crippen LogP contribution in [0.3, 0.4) is 0 Å². The molecule has 1 heterocycles. The van der Waals surface area contributed by atoms with Crippen LogP contribution < -0.4 is 5.32 Å². The lowest BCUT2D eigenvalue weighted by Gasteiger charge is -2.34. The number of hydrogen-bond acceptors (Lipinski definition) is 2. The van der Waals surface area contributed by atoms with Crippen LogP contribution in [-0.4, -0.2) is 35.8 Å². The summed E-state index contributed by atoms with van der Waals surface area (Å²) in [4.78, 5) is 26.0. The third-order valence-corrected chi connectivity index (χ3v) is 3.69. The van der Waals surface area contributed by atoms with Crippen molar-refractivity contribution in [3.05, 3.63) is 35.9 Å². The van der Waals surface area contributed by atoms with Crippen molar-refractivity contribution in [2.75, 3.05) is 13.1 Å². The molecule has 1 aromatic rings. The second kappa shape index (κ2) is 6.29. The summed E-state index contributed by atoms with van der Waals surface area (Å²) in [6, 6.07) is 9.36. The molecule has 4 heteroatoms. The highest BCUT2D eigenvalue weighted by Gasteiger charge is 2.32. The molecule has 0 aliphatic carbocycles. The number of hydrogen-bond donors (Lipinski definition) is 1. The zero-order valence-corrected chi connectivity index (χ0v) is 13.1. The first-order valence-corrected chi connectivity index (χ1v) is 7.47. The summed E-state index contributed by atoms with van der Waals surface area (Å²) < 4.78 is 0. The van der Waals surface area contributed by atoms with Gasteiger partial charge in [0.25, 0.3) is 0 Å². The summed E-state index contributed by atoms with van der Waals surface area (Å²) in [5.74, 6) is -0.0351. The number of piperazine rings is 1. The standard InChI is InChI=1S/C17H24N2O2/c1-17(2,3)9-10-19-12-15(20)18-14(16(19)21)11-13-7-5-4-6-8-13/h4-8,14H,9-12H2,1-3H3,(H,18,20). The molecular formula is C17H24N2O2. The molecule has 0 bridgehead atoms. The Balaban J connectivity index is 2.02. The molecule has 1 aliphatic heterocycles. The summed E-state index contributed by atoms with van der Waals surface area (Å²) in [5.41, 5.74) is 1.22. The Bertz CT molecular complexity index is 505. The van der Waals surface area contributed by atoms with Gasteiger partial charge in [0.2, 0.25) is 11.8 Å². The van der Waals surface area contributed by atoms with E-state index < -0.39 is 6.04 Å². The summed E-state index contributed by atoms with van der Waals surface area (Å²) in [6.45, 7) is 7.25. The van der Waals surface area contributed by atoms with Gasteiger partial charge in [0.05, 0.1) is 6.54 Å². The largest absolute Gasteiger partial charge is 0.342 e. The van der Waals surface area contributed by atoms with Crippen LogP contribution in [-0.2, 0) is 16.0 Å². The summed E-state index contributed by atoms with van der Waals surface area (Å²) in [6.07, 6.45) is 1.45. The number of carbonyl (C=O) groups excluding carboxylic acids is 2. The molecule has 0 radical (unpaired) electrons. The first kappa shape index (κ1) is 15.5. The Kier molecular flexibility index (Phi) is 4.66. The molecule has 1 N–H and O–H groups in total. The first-order chi connectivity index (χ1) is 9.85. The van der Waals surface area contributed by atoms with Crippen LogP contribution in [0, 0.1) is 5.41 Å². The monoisotopic (exact) mass is 288 g/mol. The van der Waals surface area contributed by atoms with E-state index in [0.29, 0.717) is 13.0 Å². The molecule has 0 aromatic heterocycles. The number of benzene rings is 1. The van der Waals surface area contributed by atoms with E-state index in [4.69, 9.17) is 0 Å². The Labute approximate surface area is 126 Å². The van der Waals surface area contributed by atoms with E-state index in [9.17, 15) is 9.59 Å². The van der Waals surface area contributed by atoms with Crippen LogP contribution >= 0.6 is 0 Å². The molecule has 21 heavy (non-hydrogen) atoms. The molecule has 2 rings (SSSR count). The van der Waals surface area contributed by atoms with E-state index in [1.54, 1.807) is 4.90 Å². The minimum Gasteiger partial charge on any atom is -0.342 e. The molecule has 0 saturated carbocycles. The molecule has 1 aliphatic rings. The number of nitrogens with one attached hydrogen (secondary N) is 1. The number of amides is 2. The van der Waals surface area contributed by atoms with Gasteiger partial charge < -0.3 is 10.2 Å². The predicted octanol–water partition coefficient (Wildman–Crippen LogP) is 1.99. The zero-order valence-electron chi connectivity index (χ0n) is 13.1. The highest BCUT2D eigenvalue weighted by atomic mass is 16.2. The van der Waals surface area contributed by atoms with Gasteiger partial charge in [-0.25, -0.2) is 0 Å². The fourth-order valence-corrected chi connectivity index (χ4v) is 2.42. The maximum Gasteiger partial charge on any atom is 0.245 e. The SMILES string of the molecule is CC(C)(C)CCN1CC(=O)NC(Cc2ccccc2)C1=O. The summed E-state index contributed by atoms with van der Waals surface area (Å²) >= 11 is 0. The lowest BCUT2D eigenvalue weighted by molar-refractivity contribution is -0.144. The molecule has 0 spiro atoms.